The lowest BCUT2D eigenvalue weighted by molar-refractivity contribution is 1.13. The van der Waals surface area contributed by atoms with Gasteiger partial charge >= 0.3 is 0 Å². The largest absolute Gasteiger partial charge is 0.376 e. The van der Waals surface area contributed by atoms with Gasteiger partial charge in [0.25, 0.3) is 0 Å². The number of rotatable bonds is 3. The summed E-state index contributed by atoms with van der Waals surface area (Å²) in [5, 5.41) is 3.33. The number of nitrogens with zero attached hydrogens (tertiary/aromatic N) is 2. The van der Waals surface area contributed by atoms with E-state index in [0.29, 0.717) is 0 Å². The molecule has 3 nitrogen and oxygen atoms in total. The van der Waals surface area contributed by atoms with Crippen molar-refractivity contribution in [3.63, 3.8) is 0 Å². The first-order valence-electron chi connectivity index (χ1n) is 5.42. The highest BCUT2D eigenvalue weighted by atomic mass is 79.9. The molecule has 1 aromatic carbocycles. The van der Waals surface area contributed by atoms with Crippen molar-refractivity contribution < 1.29 is 0 Å². The normalized spacial score (nSPS) is 10.2. The Kier molecular flexibility index (Phi) is 4.24. The maximum Gasteiger partial charge on any atom is 0.144 e. The van der Waals surface area contributed by atoms with Gasteiger partial charge < -0.3 is 10.2 Å². The quantitative estimate of drug-likeness (QED) is 0.866. The summed E-state index contributed by atoms with van der Waals surface area (Å²) in [6.07, 6.45) is 1.77. The van der Waals surface area contributed by atoms with E-state index in [1.165, 1.54) is 0 Å². The molecule has 0 radical (unpaired) electrons. The van der Waals surface area contributed by atoms with E-state index in [1.807, 2.05) is 38.4 Å². The standard InChI is InChI=1S/C13H13Br2N3/c1-18(2)12-6-4-3-5-11(12)17-13-10(15)7-9(14)8-16-13/h3-8H,1-2H3,(H,16,17). The Morgan fingerprint density at radius 1 is 1.17 bits per heavy atom. The molecule has 2 aromatic rings. The second-order valence-corrected chi connectivity index (χ2v) is 5.79. The van der Waals surface area contributed by atoms with E-state index in [4.69, 9.17) is 0 Å². The van der Waals surface area contributed by atoms with Gasteiger partial charge in [-0.15, -0.1) is 0 Å². The molecule has 0 fully saturated rings. The Morgan fingerprint density at radius 2 is 1.89 bits per heavy atom. The fourth-order valence-corrected chi connectivity index (χ4v) is 2.69. The average molecular weight is 371 g/mol. The summed E-state index contributed by atoms with van der Waals surface area (Å²) in [5.41, 5.74) is 2.15. The number of hydrogen-bond donors (Lipinski definition) is 1. The van der Waals surface area contributed by atoms with Gasteiger partial charge in [0.2, 0.25) is 0 Å². The zero-order valence-electron chi connectivity index (χ0n) is 10.1. The summed E-state index contributed by atoms with van der Waals surface area (Å²) >= 11 is 6.89. The van der Waals surface area contributed by atoms with Crippen LogP contribution in [0, 0.1) is 0 Å². The van der Waals surface area contributed by atoms with E-state index in [-0.39, 0.29) is 0 Å². The van der Waals surface area contributed by atoms with Gasteiger partial charge in [-0.25, -0.2) is 4.98 Å². The van der Waals surface area contributed by atoms with Gasteiger partial charge in [0.15, 0.2) is 0 Å². The van der Waals surface area contributed by atoms with Gasteiger partial charge in [-0.1, -0.05) is 12.1 Å². The van der Waals surface area contributed by atoms with Gasteiger partial charge in [0.05, 0.1) is 15.8 Å². The number of pyridine rings is 1. The Hall–Kier alpha value is -1.07. The number of nitrogens with one attached hydrogen (secondary N) is 1. The molecule has 0 aliphatic heterocycles. The highest BCUT2D eigenvalue weighted by Gasteiger charge is 2.07. The van der Waals surface area contributed by atoms with Crippen LogP contribution in [0.2, 0.25) is 0 Å². The average Bonchev–Trinajstić information content (AvgIpc) is 2.33. The van der Waals surface area contributed by atoms with Crippen LogP contribution in [-0.2, 0) is 0 Å². The SMILES string of the molecule is CN(C)c1ccccc1Nc1ncc(Br)cc1Br. The van der Waals surface area contributed by atoms with Crippen molar-refractivity contribution in [2.45, 2.75) is 0 Å². The zero-order chi connectivity index (χ0) is 13.1. The van der Waals surface area contributed by atoms with Crippen LogP contribution in [0.25, 0.3) is 0 Å². The third-order valence-corrected chi connectivity index (χ3v) is 3.48. The Balaban J connectivity index is 2.34. The second kappa shape index (κ2) is 5.71. The molecule has 5 heteroatoms. The van der Waals surface area contributed by atoms with E-state index in [1.54, 1.807) is 6.20 Å². The van der Waals surface area contributed by atoms with Crippen molar-refractivity contribution in [3.05, 3.63) is 45.5 Å². The molecular formula is C13H13Br2N3. The summed E-state index contributed by atoms with van der Waals surface area (Å²) in [6, 6.07) is 10.1. The zero-order valence-corrected chi connectivity index (χ0v) is 13.3. The predicted molar refractivity (Wildman–Crippen MR) is 83.7 cm³/mol. The lowest BCUT2D eigenvalue weighted by atomic mass is 10.2. The molecule has 94 valence electrons. The summed E-state index contributed by atoms with van der Waals surface area (Å²) in [7, 11) is 4.04. The van der Waals surface area contributed by atoms with E-state index >= 15 is 0 Å². The molecule has 0 aliphatic rings. The van der Waals surface area contributed by atoms with Crippen LogP contribution in [0.5, 0.6) is 0 Å². The first-order chi connectivity index (χ1) is 8.58. The first kappa shape index (κ1) is 13.4. The number of halogens is 2. The van der Waals surface area contributed by atoms with Crippen molar-refractivity contribution in [2.24, 2.45) is 0 Å². The molecule has 1 aromatic heterocycles. The van der Waals surface area contributed by atoms with Gasteiger partial charge in [-0.3, -0.25) is 0 Å². The highest BCUT2D eigenvalue weighted by Crippen LogP contribution is 2.30. The van der Waals surface area contributed by atoms with Crippen LogP contribution in [0.3, 0.4) is 0 Å². The number of hydrogen-bond acceptors (Lipinski definition) is 3. The third-order valence-electron chi connectivity index (χ3n) is 2.45. The minimum atomic E-state index is 0.799. The van der Waals surface area contributed by atoms with Crippen LogP contribution in [0.1, 0.15) is 0 Å². The van der Waals surface area contributed by atoms with Crippen LogP contribution in [-0.4, -0.2) is 19.1 Å². The van der Waals surface area contributed by atoms with Crippen molar-refractivity contribution >= 4 is 49.1 Å². The summed E-state index contributed by atoms with van der Waals surface area (Å²) in [6.45, 7) is 0. The van der Waals surface area contributed by atoms with Crippen LogP contribution in [0.4, 0.5) is 17.2 Å². The van der Waals surface area contributed by atoms with E-state index in [2.05, 4.69) is 53.1 Å². The number of aromatic nitrogens is 1. The van der Waals surface area contributed by atoms with E-state index < -0.39 is 0 Å². The molecule has 0 bridgehead atoms. The number of para-hydroxylation sites is 2. The molecule has 0 unspecified atom stereocenters. The molecule has 18 heavy (non-hydrogen) atoms. The van der Waals surface area contributed by atoms with E-state index in [0.717, 1.165) is 26.1 Å². The Bertz CT molecular complexity index is 556. The Labute approximate surface area is 123 Å². The second-order valence-electron chi connectivity index (χ2n) is 4.02. The van der Waals surface area contributed by atoms with Gasteiger partial charge in [-0.05, 0) is 50.1 Å². The van der Waals surface area contributed by atoms with Crippen LogP contribution in [0.15, 0.2) is 45.5 Å². The Morgan fingerprint density at radius 3 is 2.56 bits per heavy atom. The lowest BCUT2D eigenvalue weighted by Crippen LogP contribution is -2.11. The van der Waals surface area contributed by atoms with Crippen LogP contribution >= 0.6 is 31.9 Å². The molecule has 0 saturated heterocycles. The molecular weight excluding hydrogens is 358 g/mol. The molecule has 0 saturated carbocycles. The van der Waals surface area contributed by atoms with Crippen molar-refractivity contribution in [1.29, 1.82) is 0 Å². The summed E-state index contributed by atoms with van der Waals surface area (Å²) < 4.78 is 1.87. The third kappa shape index (κ3) is 3.03. The maximum absolute atomic E-state index is 4.35. The van der Waals surface area contributed by atoms with Crippen molar-refractivity contribution in [3.8, 4) is 0 Å². The van der Waals surface area contributed by atoms with Crippen molar-refractivity contribution in [1.82, 2.24) is 4.98 Å². The topological polar surface area (TPSA) is 28.2 Å². The highest BCUT2D eigenvalue weighted by molar-refractivity contribution is 9.11. The predicted octanol–water partition coefficient (Wildman–Crippen LogP) is 4.42. The monoisotopic (exact) mass is 369 g/mol. The van der Waals surface area contributed by atoms with Crippen LogP contribution < -0.4 is 10.2 Å². The number of anilines is 3. The fraction of sp³-hybridized carbons (Fsp3) is 0.154. The molecule has 1 N–H and O–H groups in total. The molecule has 2 rings (SSSR count). The lowest BCUT2D eigenvalue weighted by Gasteiger charge is -2.18. The van der Waals surface area contributed by atoms with E-state index in [9.17, 15) is 0 Å². The first-order valence-corrected chi connectivity index (χ1v) is 7.01. The fourth-order valence-electron chi connectivity index (χ4n) is 1.60. The molecule has 1 heterocycles. The maximum atomic E-state index is 4.35. The minimum Gasteiger partial charge on any atom is -0.376 e. The smallest absolute Gasteiger partial charge is 0.144 e. The summed E-state index contributed by atoms with van der Waals surface area (Å²) in [5.74, 6) is 0.799. The molecule has 0 spiro atoms. The van der Waals surface area contributed by atoms with Crippen molar-refractivity contribution in [2.75, 3.05) is 24.3 Å². The van der Waals surface area contributed by atoms with Gasteiger partial charge in [0, 0.05) is 24.8 Å². The van der Waals surface area contributed by atoms with Gasteiger partial charge in [-0.2, -0.15) is 0 Å². The minimum absolute atomic E-state index is 0.799. The molecule has 0 atom stereocenters. The molecule has 0 amide bonds. The van der Waals surface area contributed by atoms with Gasteiger partial charge in [0.1, 0.15) is 5.82 Å². The number of benzene rings is 1. The summed E-state index contributed by atoms with van der Waals surface area (Å²) in [4.78, 5) is 6.41. The molecule has 0 aliphatic carbocycles.